The van der Waals surface area contributed by atoms with Gasteiger partial charge < -0.3 is 10.5 Å². The third-order valence-electron chi connectivity index (χ3n) is 1.95. The van der Waals surface area contributed by atoms with E-state index in [1.165, 1.54) is 7.11 Å². The second-order valence-electron chi connectivity index (χ2n) is 3.57. The lowest BCUT2D eigenvalue weighted by atomic mass is 10.1. The number of hydrogen-bond donors (Lipinski definition) is 2. The lowest BCUT2D eigenvalue weighted by Gasteiger charge is -2.16. The Morgan fingerprint density at radius 3 is 2.43 bits per heavy atom. The molecular formula is C8H20N2O3S. The molecule has 0 saturated carbocycles. The van der Waals surface area contributed by atoms with Gasteiger partial charge in [0.1, 0.15) is 0 Å². The molecule has 0 bridgehead atoms. The molecule has 0 aliphatic rings. The summed E-state index contributed by atoms with van der Waals surface area (Å²) in [5, 5.41) is 0. The Labute approximate surface area is 86.1 Å². The first-order valence-electron chi connectivity index (χ1n) is 4.61. The molecule has 0 aliphatic heterocycles. The van der Waals surface area contributed by atoms with E-state index >= 15 is 0 Å². The van der Waals surface area contributed by atoms with Gasteiger partial charge in [0.25, 0.3) is 0 Å². The summed E-state index contributed by atoms with van der Waals surface area (Å²) in [5.41, 5.74) is 5.69. The molecule has 86 valence electrons. The van der Waals surface area contributed by atoms with Gasteiger partial charge in [-0.15, -0.1) is 0 Å². The molecule has 0 aromatic carbocycles. The fourth-order valence-electron chi connectivity index (χ4n) is 0.724. The van der Waals surface area contributed by atoms with Crippen LogP contribution in [0.4, 0.5) is 0 Å². The van der Waals surface area contributed by atoms with Gasteiger partial charge in [-0.3, -0.25) is 0 Å². The standard InChI is InChI=1S/C8H20N2O3S/c1-7(2)8(9)6-10-14(11,12)5-4-13-3/h7-8,10H,4-6,9H2,1-3H3. The number of sulfonamides is 1. The smallest absolute Gasteiger partial charge is 0.213 e. The van der Waals surface area contributed by atoms with E-state index < -0.39 is 10.0 Å². The van der Waals surface area contributed by atoms with E-state index in [0.29, 0.717) is 0 Å². The Bertz CT molecular complexity index is 239. The molecule has 0 spiro atoms. The minimum absolute atomic E-state index is 0.0195. The molecule has 0 saturated heterocycles. The molecule has 14 heavy (non-hydrogen) atoms. The van der Waals surface area contributed by atoms with Gasteiger partial charge in [0.15, 0.2) is 0 Å². The van der Waals surface area contributed by atoms with Crippen LogP contribution in [0.3, 0.4) is 0 Å². The maximum atomic E-state index is 11.3. The maximum absolute atomic E-state index is 11.3. The zero-order chi connectivity index (χ0) is 11.2. The normalized spacial score (nSPS) is 14.6. The monoisotopic (exact) mass is 224 g/mol. The lowest BCUT2D eigenvalue weighted by molar-refractivity contribution is 0.217. The number of ether oxygens (including phenoxy) is 1. The van der Waals surface area contributed by atoms with Gasteiger partial charge in [-0.25, -0.2) is 13.1 Å². The van der Waals surface area contributed by atoms with Crippen molar-refractivity contribution in [3.8, 4) is 0 Å². The largest absolute Gasteiger partial charge is 0.384 e. The first-order chi connectivity index (χ1) is 6.39. The van der Waals surface area contributed by atoms with Crippen LogP contribution < -0.4 is 10.5 Å². The predicted molar refractivity (Wildman–Crippen MR) is 56.5 cm³/mol. The summed E-state index contributed by atoms with van der Waals surface area (Å²) in [5.74, 6) is 0.244. The lowest BCUT2D eigenvalue weighted by Crippen LogP contribution is -2.41. The summed E-state index contributed by atoms with van der Waals surface area (Å²) in [6.45, 7) is 4.39. The van der Waals surface area contributed by atoms with E-state index in [4.69, 9.17) is 5.73 Å². The number of hydrogen-bond acceptors (Lipinski definition) is 4. The summed E-state index contributed by atoms with van der Waals surface area (Å²) in [4.78, 5) is 0. The Hall–Kier alpha value is -0.170. The van der Waals surface area contributed by atoms with Crippen LogP contribution in [0.15, 0.2) is 0 Å². The quantitative estimate of drug-likeness (QED) is 0.613. The Morgan fingerprint density at radius 1 is 1.43 bits per heavy atom. The number of nitrogens with two attached hydrogens (primary N) is 1. The van der Waals surface area contributed by atoms with Crippen molar-refractivity contribution in [3.63, 3.8) is 0 Å². The minimum atomic E-state index is -3.23. The van der Waals surface area contributed by atoms with Crippen LogP contribution in [0.5, 0.6) is 0 Å². The van der Waals surface area contributed by atoms with Crippen LogP contribution >= 0.6 is 0 Å². The van der Waals surface area contributed by atoms with Gasteiger partial charge in [-0.1, -0.05) is 13.8 Å². The zero-order valence-corrected chi connectivity index (χ0v) is 9.80. The minimum Gasteiger partial charge on any atom is -0.384 e. The molecule has 0 rings (SSSR count). The van der Waals surface area contributed by atoms with Gasteiger partial charge in [-0.2, -0.15) is 0 Å². The Morgan fingerprint density at radius 2 is 2.00 bits per heavy atom. The fraction of sp³-hybridized carbons (Fsp3) is 1.00. The van der Waals surface area contributed by atoms with Crippen LogP contribution in [0.2, 0.25) is 0 Å². The van der Waals surface area contributed by atoms with Crippen molar-refractivity contribution in [2.45, 2.75) is 19.9 Å². The third-order valence-corrected chi connectivity index (χ3v) is 3.26. The van der Waals surface area contributed by atoms with E-state index in [1.807, 2.05) is 13.8 Å². The molecule has 1 unspecified atom stereocenters. The highest BCUT2D eigenvalue weighted by Crippen LogP contribution is 1.97. The molecule has 6 heteroatoms. The van der Waals surface area contributed by atoms with Crippen LogP contribution in [-0.2, 0) is 14.8 Å². The molecule has 0 fully saturated rings. The topological polar surface area (TPSA) is 81.4 Å². The third kappa shape index (κ3) is 6.31. The van der Waals surface area contributed by atoms with E-state index in [2.05, 4.69) is 9.46 Å². The summed E-state index contributed by atoms with van der Waals surface area (Å²) in [6.07, 6.45) is 0. The highest BCUT2D eigenvalue weighted by Gasteiger charge is 2.13. The Kier molecular flexibility index (Phi) is 6.26. The summed E-state index contributed by atoms with van der Waals surface area (Å²) >= 11 is 0. The summed E-state index contributed by atoms with van der Waals surface area (Å²) in [6, 6.07) is -0.146. The second kappa shape index (κ2) is 6.34. The van der Waals surface area contributed by atoms with Crippen molar-refractivity contribution in [2.24, 2.45) is 11.7 Å². The summed E-state index contributed by atoms with van der Waals surface area (Å²) in [7, 11) is -1.76. The SMILES string of the molecule is COCCS(=O)(=O)NCC(N)C(C)C. The molecule has 0 heterocycles. The molecule has 0 radical (unpaired) electrons. The molecule has 3 N–H and O–H groups in total. The number of rotatable bonds is 7. The Balaban J connectivity index is 3.87. The van der Waals surface area contributed by atoms with Crippen molar-refractivity contribution in [3.05, 3.63) is 0 Å². The average Bonchev–Trinajstić information content (AvgIpc) is 2.11. The summed E-state index contributed by atoms with van der Waals surface area (Å²) < 4.78 is 29.7. The molecule has 1 atom stereocenters. The van der Waals surface area contributed by atoms with Crippen LogP contribution in [0.1, 0.15) is 13.8 Å². The van der Waals surface area contributed by atoms with E-state index in [0.717, 1.165) is 0 Å². The van der Waals surface area contributed by atoms with Crippen LogP contribution in [0.25, 0.3) is 0 Å². The van der Waals surface area contributed by atoms with Crippen molar-refractivity contribution < 1.29 is 13.2 Å². The van der Waals surface area contributed by atoms with Crippen molar-refractivity contribution in [2.75, 3.05) is 26.0 Å². The first kappa shape index (κ1) is 13.8. The van der Waals surface area contributed by atoms with E-state index in [9.17, 15) is 8.42 Å². The first-order valence-corrected chi connectivity index (χ1v) is 6.26. The van der Waals surface area contributed by atoms with Gasteiger partial charge in [0.2, 0.25) is 10.0 Å². The van der Waals surface area contributed by atoms with Crippen molar-refractivity contribution >= 4 is 10.0 Å². The number of methoxy groups -OCH3 is 1. The van der Waals surface area contributed by atoms with Crippen LogP contribution in [-0.4, -0.2) is 40.5 Å². The zero-order valence-electron chi connectivity index (χ0n) is 8.99. The van der Waals surface area contributed by atoms with E-state index in [1.54, 1.807) is 0 Å². The van der Waals surface area contributed by atoms with Crippen molar-refractivity contribution in [1.29, 1.82) is 0 Å². The van der Waals surface area contributed by atoms with Crippen molar-refractivity contribution in [1.82, 2.24) is 4.72 Å². The molecule has 0 amide bonds. The second-order valence-corrected chi connectivity index (χ2v) is 5.49. The molecule has 5 nitrogen and oxygen atoms in total. The van der Waals surface area contributed by atoms with Gasteiger partial charge in [0.05, 0.1) is 12.4 Å². The van der Waals surface area contributed by atoms with Crippen LogP contribution in [0, 0.1) is 5.92 Å². The molecular weight excluding hydrogens is 204 g/mol. The predicted octanol–water partition coefficient (Wildman–Crippen LogP) is -0.464. The van der Waals surface area contributed by atoms with Gasteiger partial charge in [-0.05, 0) is 5.92 Å². The molecule has 0 aromatic heterocycles. The molecule has 0 aromatic rings. The van der Waals surface area contributed by atoms with Gasteiger partial charge in [0, 0.05) is 19.7 Å². The molecule has 0 aliphatic carbocycles. The highest BCUT2D eigenvalue weighted by molar-refractivity contribution is 7.89. The van der Waals surface area contributed by atoms with Gasteiger partial charge >= 0.3 is 0 Å². The maximum Gasteiger partial charge on any atom is 0.213 e. The average molecular weight is 224 g/mol. The van der Waals surface area contributed by atoms with E-state index in [-0.39, 0.29) is 30.9 Å². The highest BCUT2D eigenvalue weighted by atomic mass is 32.2. The number of nitrogens with one attached hydrogen (secondary N) is 1. The fourth-order valence-corrected chi connectivity index (χ4v) is 1.70.